The first-order valence-corrected chi connectivity index (χ1v) is 4.80. The molecule has 2 N–H and O–H groups in total. The van der Waals surface area contributed by atoms with Gasteiger partial charge in [-0.25, -0.2) is 9.67 Å². The first-order chi connectivity index (χ1) is 7.88. The number of rotatable bonds is 1. The predicted molar refractivity (Wildman–Crippen MR) is 63.0 cm³/mol. The van der Waals surface area contributed by atoms with Crippen LogP contribution in [0.1, 0.15) is 5.56 Å². The number of alkyl halides is 3. The Morgan fingerprint density at radius 3 is 2.33 bits per heavy atom. The second-order valence-corrected chi connectivity index (χ2v) is 3.62. The summed E-state index contributed by atoms with van der Waals surface area (Å²) >= 11 is 5.67. The van der Waals surface area contributed by atoms with Crippen LogP contribution in [0.2, 0.25) is 5.02 Å². The van der Waals surface area contributed by atoms with Crippen molar-refractivity contribution in [2.24, 2.45) is 0 Å². The van der Waals surface area contributed by atoms with E-state index in [9.17, 15) is 13.2 Å². The maximum absolute atomic E-state index is 12.3. The molecule has 18 heavy (non-hydrogen) atoms. The summed E-state index contributed by atoms with van der Waals surface area (Å²) in [6.07, 6.45) is -2.32. The van der Waals surface area contributed by atoms with Gasteiger partial charge in [0.1, 0.15) is 5.02 Å². The average Bonchev–Trinajstić information content (AvgIpc) is 2.58. The van der Waals surface area contributed by atoms with Gasteiger partial charge in [-0.3, -0.25) is 0 Å². The highest BCUT2D eigenvalue weighted by Gasteiger charge is 2.30. The molecule has 0 radical (unpaired) electrons. The Morgan fingerprint density at radius 2 is 1.94 bits per heavy atom. The maximum Gasteiger partial charge on any atom is 0.417 e. The molecular formula is C9H7Cl2F3N4. The number of nitrogen functional groups attached to an aromatic ring is 1. The van der Waals surface area contributed by atoms with E-state index in [1.54, 1.807) is 0 Å². The Balaban J connectivity index is 0.00000162. The summed E-state index contributed by atoms with van der Waals surface area (Å²) in [5.41, 5.74) is 4.58. The largest absolute Gasteiger partial charge is 0.417 e. The summed E-state index contributed by atoms with van der Waals surface area (Å²) in [6.45, 7) is 0. The number of pyridine rings is 1. The molecule has 0 bridgehead atoms. The first-order valence-electron chi connectivity index (χ1n) is 4.42. The zero-order chi connectivity index (χ0) is 12.6. The van der Waals surface area contributed by atoms with Gasteiger partial charge < -0.3 is 5.73 Å². The van der Waals surface area contributed by atoms with Gasteiger partial charge in [0.05, 0.1) is 11.8 Å². The molecule has 98 valence electrons. The number of hydrogen-bond donors (Lipinski definition) is 1. The summed E-state index contributed by atoms with van der Waals surface area (Å²) in [7, 11) is 0. The lowest BCUT2D eigenvalue weighted by Gasteiger charge is -2.06. The van der Waals surface area contributed by atoms with Crippen LogP contribution in [0.4, 0.5) is 19.0 Å². The van der Waals surface area contributed by atoms with Crippen LogP contribution < -0.4 is 5.73 Å². The smallest absolute Gasteiger partial charge is 0.381 e. The fourth-order valence-corrected chi connectivity index (χ4v) is 1.30. The molecule has 2 rings (SSSR count). The van der Waals surface area contributed by atoms with Crippen LogP contribution in [0, 0.1) is 0 Å². The van der Waals surface area contributed by atoms with E-state index >= 15 is 0 Å². The lowest BCUT2D eigenvalue weighted by atomic mass is 10.3. The zero-order valence-corrected chi connectivity index (χ0v) is 10.2. The minimum atomic E-state index is -4.41. The van der Waals surface area contributed by atoms with Gasteiger partial charge in [0, 0.05) is 6.20 Å². The number of anilines is 1. The quantitative estimate of drug-likeness (QED) is 0.880. The highest BCUT2D eigenvalue weighted by molar-refractivity contribution is 6.32. The van der Waals surface area contributed by atoms with Gasteiger partial charge in [0.2, 0.25) is 0 Å². The second kappa shape index (κ2) is 5.03. The third-order valence-electron chi connectivity index (χ3n) is 2.01. The normalized spacial score (nSPS) is 11.1. The van der Waals surface area contributed by atoms with Crippen molar-refractivity contribution in [3.05, 3.63) is 35.1 Å². The van der Waals surface area contributed by atoms with Crippen molar-refractivity contribution in [1.29, 1.82) is 0 Å². The molecule has 0 aliphatic heterocycles. The summed E-state index contributed by atoms with van der Waals surface area (Å²) < 4.78 is 38.1. The van der Waals surface area contributed by atoms with Crippen molar-refractivity contribution in [3.8, 4) is 5.82 Å². The Kier molecular flexibility index (Phi) is 4.08. The number of aromatic nitrogens is 3. The highest BCUT2D eigenvalue weighted by atomic mass is 35.5. The monoisotopic (exact) mass is 298 g/mol. The molecule has 0 aliphatic rings. The summed E-state index contributed by atoms with van der Waals surface area (Å²) in [5, 5.41) is 4.01. The van der Waals surface area contributed by atoms with E-state index in [1.807, 2.05) is 0 Å². The van der Waals surface area contributed by atoms with E-state index in [0.717, 1.165) is 12.3 Å². The SMILES string of the molecule is Cl.Nc1nn(-c2ccc(C(F)(F)F)cn2)cc1Cl. The van der Waals surface area contributed by atoms with E-state index in [0.29, 0.717) is 0 Å². The number of nitrogens with zero attached hydrogens (tertiary/aromatic N) is 3. The molecule has 0 atom stereocenters. The molecule has 0 saturated carbocycles. The van der Waals surface area contributed by atoms with Crippen LogP contribution in [-0.2, 0) is 6.18 Å². The lowest BCUT2D eigenvalue weighted by molar-refractivity contribution is -0.137. The number of hydrogen-bond acceptors (Lipinski definition) is 3. The van der Waals surface area contributed by atoms with Gasteiger partial charge in [0.15, 0.2) is 11.6 Å². The van der Waals surface area contributed by atoms with Crippen molar-refractivity contribution in [2.45, 2.75) is 6.18 Å². The third-order valence-corrected chi connectivity index (χ3v) is 2.30. The van der Waals surface area contributed by atoms with Gasteiger partial charge in [-0.2, -0.15) is 13.2 Å². The molecule has 2 heterocycles. The second-order valence-electron chi connectivity index (χ2n) is 3.21. The first kappa shape index (κ1) is 14.6. The predicted octanol–water partition coefficient (Wildman–Crippen LogP) is 2.94. The van der Waals surface area contributed by atoms with Crippen LogP contribution >= 0.6 is 24.0 Å². The number of nitrogens with two attached hydrogens (primary N) is 1. The molecule has 9 heteroatoms. The van der Waals surface area contributed by atoms with E-state index in [-0.39, 0.29) is 29.1 Å². The Labute approximate surface area is 111 Å². The van der Waals surface area contributed by atoms with Gasteiger partial charge >= 0.3 is 6.18 Å². The molecule has 2 aromatic rings. The molecule has 0 aliphatic carbocycles. The minimum absolute atomic E-state index is 0. The van der Waals surface area contributed by atoms with Crippen LogP contribution in [0.5, 0.6) is 0 Å². The zero-order valence-electron chi connectivity index (χ0n) is 8.65. The molecule has 0 spiro atoms. The summed E-state index contributed by atoms with van der Waals surface area (Å²) in [6, 6.07) is 2.10. The topological polar surface area (TPSA) is 56.7 Å². The van der Waals surface area contributed by atoms with Gasteiger partial charge in [-0.1, -0.05) is 11.6 Å². The van der Waals surface area contributed by atoms with E-state index in [2.05, 4.69) is 10.1 Å². The molecule has 4 nitrogen and oxygen atoms in total. The van der Waals surface area contributed by atoms with Crippen molar-refractivity contribution < 1.29 is 13.2 Å². The number of halogens is 5. The van der Waals surface area contributed by atoms with Gasteiger partial charge in [-0.15, -0.1) is 17.5 Å². The minimum Gasteiger partial charge on any atom is -0.381 e. The summed E-state index contributed by atoms with van der Waals surface area (Å²) in [4.78, 5) is 3.64. The van der Waals surface area contributed by atoms with Crippen molar-refractivity contribution in [2.75, 3.05) is 5.73 Å². The molecule has 0 unspecified atom stereocenters. The van der Waals surface area contributed by atoms with E-state index < -0.39 is 11.7 Å². The van der Waals surface area contributed by atoms with Crippen molar-refractivity contribution in [1.82, 2.24) is 14.8 Å². The fourth-order valence-electron chi connectivity index (χ4n) is 1.17. The Morgan fingerprint density at radius 1 is 1.28 bits per heavy atom. The molecule has 0 saturated heterocycles. The molecule has 0 amide bonds. The molecule has 2 aromatic heterocycles. The third kappa shape index (κ3) is 2.85. The molecular weight excluding hydrogens is 292 g/mol. The maximum atomic E-state index is 12.3. The van der Waals surface area contributed by atoms with E-state index in [4.69, 9.17) is 17.3 Å². The van der Waals surface area contributed by atoms with Crippen LogP contribution in [0.15, 0.2) is 24.5 Å². The van der Waals surface area contributed by atoms with Gasteiger partial charge in [0.25, 0.3) is 0 Å². The highest BCUT2D eigenvalue weighted by Crippen LogP contribution is 2.28. The molecule has 0 fully saturated rings. The standard InChI is InChI=1S/C9H6ClF3N4.ClH/c10-6-4-17(16-8(6)14)7-2-1-5(3-15-7)9(11,12)13;/h1-4H,(H2,14,16);1H. The molecule has 0 aromatic carbocycles. The van der Waals surface area contributed by atoms with Crippen LogP contribution in [0.25, 0.3) is 5.82 Å². The fraction of sp³-hybridized carbons (Fsp3) is 0.111. The summed E-state index contributed by atoms with van der Waals surface area (Å²) in [5.74, 6) is 0.296. The Bertz CT molecular complexity index is 516. The van der Waals surface area contributed by atoms with E-state index in [1.165, 1.54) is 16.9 Å². The van der Waals surface area contributed by atoms with Crippen molar-refractivity contribution in [3.63, 3.8) is 0 Å². The average molecular weight is 299 g/mol. The van der Waals surface area contributed by atoms with Gasteiger partial charge in [-0.05, 0) is 12.1 Å². The lowest BCUT2D eigenvalue weighted by Crippen LogP contribution is -2.07. The van der Waals surface area contributed by atoms with Crippen LogP contribution in [-0.4, -0.2) is 14.8 Å². The Hall–Kier alpha value is -1.47. The van der Waals surface area contributed by atoms with Crippen molar-refractivity contribution >= 4 is 29.8 Å². The van der Waals surface area contributed by atoms with Crippen LogP contribution in [0.3, 0.4) is 0 Å².